The highest BCUT2D eigenvalue weighted by atomic mass is 35.5. The second kappa shape index (κ2) is 8.34. The molecule has 0 atom stereocenters. The van der Waals surface area contributed by atoms with E-state index in [0.717, 1.165) is 48.2 Å². The van der Waals surface area contributed by atoms with Crippen molar-refractivity contribution in [3.63, 3.8) is 0 Å². The summed E-state index contributed by atoms with van der Waals surface area (Å²) in [6, 6.07) is 18.1. The summed E-state index contributed by atoms with van der Waals surface area (Å²) >= 11 is 6.06. The van der Waals surface area contributed by atoms with Crippen LogP contribution in [0, 0.1) is 11.3 Å². The van der Waals surface area contributed by atoms with Crippen molar-refractivity contribution in [3.05, 3.63) is 81.8 Å². The molecule has 162 valence electrons. The number of fused-ring (bicyclic) bond motifs is 3. The van der Waals surface area contributed by atoms with Gasteiger partial charge in [-0.3, -0.25) is 4.79 Å². The molecule has 7 heteroatoms. The molecule has 1 fully saturated rings. The molecule has 3 aromatic rings. The van der Waals surface area contributed by atoms with Gasteiger partial charge in [-0.15, -0.1) is 0 Å². The predicted molar refractivity (Wildman–Crippen MR) is 125 cm³/mol. The highest BCUT2D eigenvalue weighted by Crippen LogP contribution is 2.32. The molecule has 32 heavy (non-hydrogen) atoms. The van der Waals surface area contributed by atoms with E-state index in [0.29, 0.717) is 35.1 Å². The van der Waals surface area contributed by atoms with Gasteiger partial charge in [0.1, 0.15) is 11.5 Å². The van der Waals surface area contributed by atoms with Crippen molar-refractivity contribution in [1.29, 1.82) is 5.26 Å². The van der Waals surface area contributed by atoms with E-state index in [4.69, 9.17) is 11.6 Å². The van der Waals surface area contributed by atoms with Gasteiger partial charge in [0.05, 0.1) is 11.6 Å². The minimum atomic E-state index is -0.163. The SMILES string of the molecule is CN1CCN(C2=C(C#N)Cc3c(n(Cc4ccc(Cl)cc4)c4ccccc34)C(=O)N2)CC1. The Morgan fingerprint density at radius 3 is 2.50 bits per heavy atom. The van der Waals surface area contributed by atoms with Gasteiger partial charge >= 0.3 is 0 Å². The van der Waals surface area contributed by atoms with Gasteiger partial charge in [-0.05, 0) is 36.4 Å². The van der Waals surface area contributed by atoms with Gasteiger partial charge in [-0.2, -0.15) is 5.26 Å². The summed E-state index contributed by atoms with van der Waals surface area (Å²) in [6.07, 6.45) is 0.431. The highest BCUT2D eigenvalue weighted by molar-refractivity contribution is 6.30. The number of hydrogen-bond acceptors (Lipinski definition) is 4. The van der Waals surface area contributed by atoms with Crippen LogP contribution in [0.5, 0.6) is 0 Å². The van der Waals surface area contributed by atoms with Crippen molar-refractivity contribution in [2.45, 2.75) is 13.0 Å². The van der Waals surface area contributed by atoms with Crippen LogP contribution < -0.4 is 5.32 Å². The fraction of sp³-hybridized carbons (Fsp3) is 0.280. The number of nitrogens with zero attached hydrogens (tertiary/aromatic N) is 4. The number of benzene rings is 2. The van der Waals surface area contributed by atoms with Crippen LogP contribution in [-0.2, 0) is 13.0 Å². The van der Waals surface area contributed by atoms with E-state index in [9.17, 15) is 10.1 Å². The van der Waals surface area contributed by atoms with E-state index in [1.165, 1.54) is 0 Å². The van der Waals surface area contributed by atoms with Gasteiger partial charge in [0, 0.05) is 55.1 Å². The molecule has 3 heterocycles. The first-order chi connectivity index (χ1) is 15.5. The lowest BCUT2D eigenvalue weighted by molar-refractivity contribution is 0.0932. The molecule has 1 amide bonds. The molecule has 6 nitrogen and oxygen atoms in total. The topological polar surface area (TPSA) is 64.3 Å². The summed E-state index contributed by atoms with van der Waals surface area (Å²) < 4.78 is 2.06. The number of rotatable bonds is 3. The smallest absolute Gasteiger partial charge is 0.273 e. The Kier molecular flexibility index (Phi) is 5.38. The van der Waals surface area contributed by atoms with Gasteiger partial charge in [-0.25, -0.2) is 0 Å². The maximum atomic E-state index is 13.6. The van der Waals surface area contributed by atoms with Crippen LogP contribution in [0.2, 0.25) is 5.02 Å². The monoisotopic (exact) mass is 445 g/mol. The highest BCUT2D eigenvalue weighted by Gasteiger charge is 2.31. The zero-order valence-corrected chi connectivity index (χ0v) is 18.7. The average molecular weight is 446 g/mol. The minimum Gasteiger partial charge on any atom is -0.355 e. The number of halogens is 1. The summed E-state index contributed by atoms with van der Waals surface area (Å²) in [7, 11) is 2.09. The summed E-state index contributed by atoms with van der Waals surface area (Å²) in [5, 5.41) is 14.8. The fourth-order valence-electron chi connectivity index (χ4n) is 4.65. The van der Waals surface area contributed by atoms with Gasteiger partial charge in [0.15, 0.2) is 0 Å². The molecule has 0 saturated carbocycles. The second-order valence-corrected chi connectivity index (χ2v) is 8.85. The number of nitriles is 1. The van der Waals surface area contributed by atoms with Crippen LogP contribution in [-0.4, -0.2) is 53.5 Å². The predicted octanol–water partition coefficient (Wildman–Crippen LogP) is 3.61. The van der Waals surface area contributed by atoms with Crippen LogP contribution >= 0.6 is 11.6 Å². The molecular formula is C25H24ClN5O. The molecule has 0 radical (unpaired) electrons. The molecule has 0 bridgehead atoms. The molecule has 0 unspecified atom stereocenters. The fourth-order valence-corrected chi connectivity index (χ4v) is 4.77. The van der Waals surface area contributed by atoms with Gasteiger partial charge < -0.3 is 19.7 Å². The number of carbonyl (C=O) groups excluding carboxylic acids is 1. The van der Waals surface area contributed by atoms with E-state index >= 15 is 0 Å². The zero-order valence-electron chi connectivity index (χ0n) is 17.9. The summed E-state index contributed by atoms with van der Waals surface area (Å²) in [5.41, 5.74) is 4.19. The molecule has 2 aliphatic heterocycles. The van der Waals surface area contributed by atoms with Crippen molar-refractivity contribution in [2.24, 2.45) is 0 Å². The van der Waals surface area contributed by atoms with Crippen molar-refractivity contribution >= 4 is 28.4 Å². The number of allylic oxidation sites excluding steroid dienone is 1. The molecular weight excluding hydrogens is 422 g/mol. The maximum absolute atomic E-state index is 13.6. The summed E-state index contributed by atoms with van der Waals surface area (Å²) in [6.45, 7) is 3.92. The summed E-state index contributed by atoms with van der Waals surface area (Å²) in [4.78, 5) is 18.0. The number of amides is 1. The Bertz CT molecular complexity index is 1260. The summed E-state index contributed by atoms with van der Waals surface area (Å²) in [5.74, 6) is 0.494. The third kappa shape index (κ3) is 3.64. The quantitative estimate of drug-likeness (QED) is 0.668. The molecule has 1 saturated heterocycles. The Hall–Kier alpha value is -3.27. The Morgan fingerprint density at radius 2 is 1.78 bits per heavy atom. The van der Waals surface area contributed by atoms with Crippen LogP contribution in [0.25, 0.3) is 10.9 Å². The molecule has 0 aliphatic carbocycles. The lowest BCUT2D eigenvalue weighted by Gasteiger charge is -2.35. The number of carbonyl (C=O) groups is 1. The standard InChI is InChI=1S/C25H24ClN5O/c1-29-10-12-30(13-11-29)24-18(15-27)14-21-20-4-2-3-5-22(20)31(23(21)25(32)28-24)16-17-6-8-19(26)9-7-17/h2-9H,10-14,16H2,1H3,(H,28,32). The molecule has 2 aromatic carbocycles. The second-order valence-electron chi connectivity index (χ2n) is 8.42. The Balaban J connectivity index is 1.61. The largest absolute Gasteiger partial charge is 0.355 e. The number of nitrogens with one attached hydrogen (secondary N) is 1. The lowest BCUT2D eigenvalue weighted by atomic mass is 10.0. The average Bonchev–Trinajstić information content (AvgIpc) is 3.02. The first kappa shape index (κ1) is 20.6. The van der Waals surface area contributed by atoms with Crippen LogP contribution in [0.1, 0.15) is 21.6 Å². The van der Waals surface area contributed by atoms with Crippen molar-refractivity contribution in [2.75, 3.05) is 33.2 Å². The Labute approximate surface area is 192 Å². The van der Waals surface area contributed by atoms with Crippen molar-refractivity contribution < 1.29 is 4.79 Å². The first-order valence-electron chi connectivity index (χ1n) is 10.8. The number of hydrogen-bond donors (Lipinski definition) is 1. The number of para-hydroxylation sites is 1. The van der Waals surface area contributed by atoms with Gasteiger partial charge in [0.2, 0.25) is 0 Å². The van der Waals surface area contributed by atoms with Crippen LogP contribution in [0.4, 0.5) is 0 Å². The third-order valence-electron chi connectivity index (χ3n) is 6.37. The van der Waals surface area contributed by atoms with E-state index in [1.54, 1.807) is 0 Å². The van der Waals surface area contributed by atoms with E-state index in [-0.39, 0.29) is 5.91 Å². The third-order valence-corrected chi connectivity index (χ3v) is 6.62. The minimum absolute atomic E-state index is 0.163. The molecule has 5 rings (SSSR count). The van der Waals surface area contributed by atoms with Crippen LogP contribution in [0.15, 0.2) is 59.9 Å². The normalized spacial score (nSPS) is 17.2. The van der Waals surface area contributed by atoms with E-state index in [1.807, 2.05) is 48.5 Å². The molecule has 1 aromatic heterocycles. The molecule has 2 aliphatic rings. The van der Waals surface area contributed by atoms with E-state index < -0.39 is 0 Å². The van der Waals surface area contributed by atoms with E-state index in [2.05, 4.69) is 32.8 Å². The molecule has 0 spiro atoms. The van der Waals surface area contributed by atoms with Gasteiger partial charge in [-0.1, -0.05) is 41.9 Å². The Morgan fingerprint density at radius 1 is 1.06 bits per heavy atom. The van der Waals surface area contributed by atoms with Crippen molar-refractivity contribution in [3.8, 4) is 6.07 Å². The van der Waals surface area contributed by atoms with Gasteiger partial charge in [0.25, 0.3) is 5.91 Å². The number of likely N-dealkylation sites (N-methyl/N-ethyl adjacent to an activating group) is 1. The number of aromatic nitrogens is 1. The zero-order chi connectivity index (χ0) is 22.2. The number of piperazine rings is 1. The maximum Gasteiger partial charge on any atom is 0.273 e. The molecule has 1 N–H and O–H groups in total. The van der Waals surface area contributed by atoms with Crippen molar-refractivity contribution in [1.82, 2.24) is 19.7 Å². The first-order valence-corrected chi connectivity index (χ1v) is 11.2. The van der Waals surface area contributed by atoms with Crippen LogP contribution in [0.3, 0.4) is 0 Å². The lowest BCUT2D eigenvalue weighted by Crippen LogP contribution is -2.47.